The van der Waals surface area contributed by atoms with Crippen molar-refractivity contribution in [1.29, 1.82) is 0 Å². The molecule has 0 unspecified atom stereocenters. The lowest BCUT2D eigenvalue weighted by atomic mass is 10.2. The van der Waals surface area contributed by atoms with Gasteiger partial charge in [0.05, 0.1) is 17.8 Å². The molecule has 0 spiro atoms. The van der Waals surface area contributed by atoms with E-state index >= 15 is 0 Å². The molecule has 0 aliphatic rings. The first-order valence-electron chi connectivity index (χ1n) is 6.26. The van der Waals surface area contributed by atoms with Gasteiger partial charge in [0.2, 0.25) is 0 Å². The minimum atomic E-state index is -0.258. The van der Waals surface area contributed by atoms with E-state index in [1.165, 1.54) is 12.1 Å². The smallest absolute Gasteiger partial charge is 0.124 e. The molecule has 20 heavy (non-hydrogen) atoms. The number of rotatable bonds is 3. The van der Waals surface area contributed by atoms with Crippen molar-refractivity contribution < 1.29 is 4.39 Å². The highest BCUT2D eigenvalue weighted by molar-refractivity contribution is 9.10. The quantitative estimate of drug-likeness (QED) is 0.749. The molecule has 0 bridgehead atoms. The van der Waals surface area contributed by atoms with E-state index in [1.807, 2.05) is 30.3 Å². The summed E-state index contributed by atoms with van der Waals surface area (Å²) in [6, 6.07) is 16.6. The summed E-state index contributed by atoms with van der Waals surface area (Å²) < 4.78 is 13.7. The van der Waals surface area contributed by atoms with E-state index in [4.69, 9.17) is 0 Å². The number of halogens is 2. The van der Waals surface area contributed by atoms with E-state index in [9.17, 15) is 4.39 Å². The van der Waals surface area contributed by atoms with Gasteiger partial charge < -0.3 is 5.32 Å². The Balaban J connectivity index is 1.79. The van der Waals surface area contributed by atoms with Gasteiger partial charge in [0.1, 0.15) is 5.82 Å². The number of fused-ring (bicyclic) bond motifs is 1. The van der Waals surface area contributed by atoms with Crippen molar-refractivity contribution >= 4 is 32.5 Å². The number of hydrogen-bond acceptors (Lipinski definition) is 2. The number of nitrogens with one attached hydrogen (secondary N) is 1. The van der Waals surface area contributed by atoms with Crippen LogP contribution < -0.4 is 5.32 Å². The first-order valence-corrected chi connectivity index (χ1v) is 7.05. The SMILES string of the molecule is Fc1ccc(NCc2ccc3ccccc3n2)c(Br)c1. The lowest BCUT2D eigenvalue weighted by Crippen LogP contribution is -2.02. The topological polar surface area (TPSA) is 24.9 Å². The molecule has 2 nitrogen and oxygen atoms in total. The number of anilines is 1. The zero-order valence-corrected chi connectivity index (χ0v) is 12.2. The molecule has 4 heteroatoms. The Labute approximate surface area is 124 Å². The van der Waals surface area contributed by atoms with Crippen LogP contribution in [0.3, 0.4) is 0 Å². The van der Waals surface area contributed by atoms with Gasteiger partial charge in [-0.1, -0.05) is 24.3 Å². The maximum atomic E-state index is 13.0. The van der Waals surface area contributed by atoms with Crippen LogP contribution in [0.1, 0.15) is 5.69 Å². The number of aromatic nitrogens is 1. The van der Waals surface area contributed by atoms with Gasteiger partial charge in [-0.3, -0.25) is 4.98 Å². The zero-order chi connectivity index (χ0) is 13.9. The Hall–Kier alpha value is -1.94. The molecule has 3 rings (SSSR count). The maximum Gasteiger partial charge on any atom is 0.124 e. The number of benzene rings is 2. The Morgan fingerprint density at radius 3 is 2.75 bits per heavy atom. The second kappa shape index (κ2) is 5.59. The van der Waals surface area contributed by atoms with Crippen LogP contribution in [0.4, 0.5) is 10.1 Å². The van der Waals surface area contributed by atoms with E-state index in [0.717, 1.165) is 22.3 Å². The van der Waals surface area contributed by atoms with E-state index < -0.39 is 0 Å². The van der Waals surface area contributed by atoms with Gasteiger partial charge in [-0.2, -0.15) is 0 Å². The average molecular weight is 331 g/mol. The fourth-order valence-electron chi connectivity index (χ4n) is 2.03. The van der Waals surface area contributed by atoms with Gasteiger partial charge in [0, 0.05) is 15.5 Å². The Morgan fingerprint density at radius 2 is 1.90 bits per heavy atom. The number of hydrogen-bond donors (Lipinski definition) is 1. The lowest BCUT2D eigenvalue weighted by Gasteiger charge is -2.09. The Kier molecular flexibility index (Phi) is 3.65. The third-order valence-electron chi connectivity index (χ3n) is 3.05. The van der Waals surface area contributed by atoms with E-state index in [2.05, 4.69) is 32.3 Å². The number of pyridine rings is 1. The summed E-state index contributed by atoms with van der Waals surface area (Å²) in [5.74, 6) is -0.258. The van der Waals surface area contributed by atoms with Crippen molar-refractivity contribution in [1.82, 2.24) is 4.98 Å². The van der Waals surface area contributed by atoms with Gasteiger partial charge in [0.25, 0.3) is 0 Å². The largest absolute Gasteiger partial charge is 0.378 e. The molecule has 0 amide bonds. The van der Waals surface area contributed by atoms with Crippen LogP contribution >= 0.6 is 15.9 Å². The minimum absolute atomic E-state index is 0.258. The van der Waals surface area contributed by atoms with Crippen LogP contribution in [-0.4, -0.2) is 4.98 Å². The fraction of sp³-hybridized carbons (Fsp3) is 0.0625. The first kappa shape index (κ1) is 13.1. The lowest BCUT2D eigenvalue weighted by molar-refractivity contribution is 0.627. The van der Waals surface area contributed by atoms with E-state index in [0.29, 0.717) is 11.0 Å². The molecule has 1 heterocycles. The van der Waals surface area contributed by atoms with Crippen molar-refractivity contribution in [2.45, 2.75) is 6.54 Å². The molecular formula is C16H12BrFN2. The molecule has 1 aromatic heterocycles. The summed E-state index contributed by atoms with van der Waals surface area (Å²) in [4.78, 5) is 4.59. The molecule has 0 aliphatic heterocycles. The van der Waals surface area contributed by atoms with Crippen LogP contribution in [0.25, 0.3) is 10.9 Å². The van der Waals surface area contributed by atoms with E-state index in [-0.39, 0.29) is 5.82 Å². The molecule has 0 radical (unpaired) electrons. The Morgan fingerprint density at radius 1 is 1.05 bits per heavy atom. The summed E-state index contributed by atoms with van der Waals surface area (Å²) in [6.07, 6.45) is 0. The molecule has 2 aromatic carbocycles. The average Bonchev–Trinajstić information content (AvgIpc) is 2.46. The highest BCUT2D eigenvalue weighted by Gasteiger charge is 2.02. The highest BCUT2D eigenvalue weighted by Crippen LogP contribution is 2.23. The second-order valence-electron chi connectivity index (χ2n) is 4.47. The van der Waals surface area contributed by atoms with Crippen LogP contribution in [0, 0.1) is 5.82 Å². The summed E-state index contributed by atoms with van der Waals surface area (Å²) in [6.45, 7) is 0.592. The van der Waals surface area contributed by atoms with E-state index in [1.54, 1.807) is 6.07 Å². The maximum absolute atomic E-state index is 13.0. The number of para-hydroxylation sites is 1. The van der Waals surface area contributed by atoms with Gasteiger partial charge in [0.15, 0.2) is 0 Å². The van der Waals surface area contributed by atoms with Gasteiger partial charge in [-0.15, -0.1) is 0 Å². The van der Waals surface area contributed by atoms with Gasteiger partial charge >= 0.3 is 0 Å². The predicted octanol–water partition coefficient (Wildman–Crippen LogP) is 4.75. The van der Waals surface area contributed by atoms with Crippen LogP contribution in [0.5, 0.6) is 0 Å². The van der Waals surface area contributed by atoms with Crippen LogP contribution in [-0.2, 0) is 6.54 Å². The summed E-state index contributed by atoms with van der Waals surface area (Å²) >= 11 is 3.34. The summed E-state index contributed by atoms with van der Waals surface area (Å²) in [5, 5.41) is 4.37. The van der Waals surface area contributed by atoms with Crippen molar-refractivity contribution in [3.8, 4) is 0 Å². The third kappa shape index (κ3) is 2.80. The summed E-state index contributed by atoms with van der Waals surface area (Å²) in [5.41, 5.74) is 2.77. The molecule has 0 saturated heterocycles. The molecule has 1 N–H and O–H groups in total. The molecule has 0 aliphatic carbocycles. The normalized spacial score (nSPS) is 10.7. The Bertz CT molecular complexity index is 758. The molecule has 0 atom stereocenters. The summed E-state index contributed by atoms with van der Waals surface area (Å²) in [7, 11) is 0. The second-order valence-corrected chi connectivity index (χ2v) is 5.33. The molecule has 0 fully saturated rings. The predicted molar refractivity (Wildman–Crippen MR) is 83.2 cm³/mol. The molecule has 3 aromatic rings. The van der Waals surface area contributed by atoms with Crippen LogP contribution in [0.15, 0.2) is 59.1 Å². The first-order chi connectivity index (χ1) is 9.72. The van der Waals surface area contributed by atoms with Crippen molar-refractivity contribution in [2.75, 3.05) is 5.32 Å². The minimum Gasteiger partial charge on any atom is -0.378 e. The monoisotopic (exact) mass is 330 g/mol. The van der Waals surface area contributed by atoms with Gasteiger partial charge in [-0.05, 0) is 46.3 Å². The van der Waals surface area contributed by atoms with Crippen molar-refractivity contribution in [3.05, 3.63) is 70.6 Å². The third-order valence-corrected chi connectivity index (χ3v) is 3.70. The number of nitrogens with zero attached hydrogens (tertiary/aromatic N) is 1. The standard InChI is InChI=1S/C16H12BrFN2/c17-14-9-12(18)6-8-16(14)19-10-13-7-5-11-3-1-2-4-15(11)20-13/h1-9,19H,10H2. The van der Waals surface area contributed by atoms with Crippen molar-refractivity contribution in [2.24, 2.45) is 0 Å². The molecule has 100 valence electrons. The highest BCUT2D eigenvalue weighted by atomic mass is 79.9. The van der Waals surface area contributed by atoms with Crippen molar-refractivity contribution in [3.63, 3.8) is 0 Å². The zero-order valence-electron chi connectivity index (χ0n) is 10.6. The van der Waals surface area contributed by atoms with Gasteiger partial charge in [-0.25, -0.2) is 4.39 Å². The fourth-order valence-corrected chi connectivity index (χ4v) is 2.52. The molecular weight excluding hydrogens is 319 g/mol. The molecule has 0 saturated carbocycles. The van der Waals surface area contributed by atoms with Crippen LogP contribution in [0.2, 0.25) is 0 Å².